The van der Waals surface area contributed by atoms with Crippen LogP contribution in [0.5, 0.6) is 5.88 Å². The number of benzene rings is 1. The lowest BCUT2D eigenvalue weighted by Crippen LogP contribution is -2.46. The number of hydrogen-bond donors (Lipinski definition) is 0. The highest BCUT2D eigenvalue weighted by molar-refractivity contribution is 6.30. The van der Waals surface area contributed by atoms with Gasteiger partial charge in [0.2, 0.25) is 5.88 Å². The molecule has 166 valence electrons. The normalized spacial score (nSPS) is 13.9. The van der Waals surface area contributed by atoms with Gasteiger partial charge in [-0.2, -0.15) is 13.2 Å². The van der Waals surface area contributed by atoms with Gasteiger partial charge in [-0.25, -0.2) is 9.97 Å². The maximum atomic E-state index is 13.4. The number of aromatic nitrogens is 2. The molecule has 0 spiro atoms. The van der Waals surface area contributed by atoms with E-state index in [0.29, 0.717) is 28.0 Å². The lowest BCUT2D eigenvalue weighted by Gasteiger charge is -2.38. The molecule has 6 nitrogen and oxygen atoms in total. The fraction of sp³-hybridized carbons (Fsp3) is 0.227. The van der Waals surface area contributed by atoms with E-state index in [1.807, 2.05) is 6.92 Å². The van der Waals surface area contributed by atoms with Crippen molar-refractivity contribution >= 4 is 34.7 Å². The van der Waals surface area contributed by atoms with Gasteiger partial charge in [-0.05, 0) is 49.7 Å². The molecule has 3 aromatic rings. The van der Waals surface area contributed by atoms with E-state index in [2.05, 4.69) is 9.97 Å². The molecule has 0 saturated heterocycles. The van der Waals surface area contributed by atoms with Crippen LogP contribution >= 0.6 is 11.6 Å². The van der Waals surface area contributed by atoms with Crippen molar-refractivity contribution in [2.75, 3.05) is 23.6 Å². The Hall–Kier alpha value is -3.33. The van der Waals surface area contributed by atoms with Gasteiger partial charge in [0.15, 0.2) is 0 Å². The van der Waals surface area contributed by atoms with E-state index in [0.717, 1.165) is 17.8 Å². The third-order valence-corrected chi connectivity index (χ3v) is 5.43. The molecule has 0 saturated carbocycles. The molecule has 1 amide bonds. The Morgan fingerprint density at radius 2 is 1.78 bits per heavy atom. The number of fused-ring (bicyclic) bond motifs is 1. The summed E-state index contributed by atoms with van der Waals surface area (Å²) in [4.78, 5) is 24.7. The molecule has 1 aromatic carbocycles. The molecule has 4 rings (SSSR count). The molecule has 0 atom stereocenters. The molecule has 0 bridgehead atoms. The highest BCUT2D eigenvalue weighted by atomic mass is 35.5. The molecule has 0 radical (unpaired) electrons. The SMILES string of the molecule is COc1ccc(N2CN(c3ccc(Cl)cc3C)c3ncc(C(F)(F)F)cc3C2=O)c(C)n1. The summed E-state index contributed by atoms with van der Waals surface area (Å²) < 4.78 is 45.2. The highest BCUT2D eigenvalue weighted by Crippen LogP contribution is 2.39. The number of carbonyl (C=O) groups is 1. The minimum atomic E-state index is -4.64. The third-order valence-electron chi connectivity index (χ3n) is 5.19. The summed E-state index contributed by atoms with van der Waals surface area (Å²) >= 11 is 6.08. The molecular weight excluding hydrogens is 445 g/mol. The van der Waals surface area contributed by atoms with E-state index >= 15 is 0 Å². The molecule has 2 aromatic heterocycles. The average molecular weight is 463 g/mol. The molecule has 0 unspecified atom stereocenters. The number of methoxy groups -OCH3 is 1. The van der Waals surface area contributed by atoms with Crippen molar-refractivity contribution in [2.45, 2.75) is 20.0 Å². The monoisotopic (exact) mass is 462 g/mol. The van der Waals surface area contributed by atoms with Crippen molar-refractivity contribution < 1.29 is 22.7 Å². The molecule has 1 aliphatic rings. The van der Waals surface area contributed by atoms with Crippen molar-refractivity contribution in [2.24, 2.45) is 0 Å². The summed E-state index contributed by atoms with van der Waals surface area (Å²) in [5.41, 5.74) is 1.24. The van der Waals surface area contributed by atoms with Crippen LogP contribution in [0.4, 0.5) is 30.4 Å². The fourth-order valence-electron chi connectivity index (χ4n) is 3.63. The topological polar surface area (TPSA) is 58.6 Å². The van der Waals surface area contributed by atoms with Crippen LogP contribution in [0, 0.1) is 13.8 Å². The second-order valence-electron chi connectivity index (χ2n) is 7.28. The molecule has 0 N–H and O–H groups in total. The van der Waals surface area contributed by atoms with Gasteiger partial charge in [-0.1, -0.05) is 11.6 Å². The van der Waals surface area contributed by atoms with Crippen LogP contribution in [0.3, 0.4) is 0 Å². The third kappa shape index (κ3) is 3.84. The molecule has 0 aliphatic carbocycles. The van der Waals surface area contributed by atoms with Gasteiger partial charge in [-0.15, -0.1) is 0 Å². The Balaban J connectivity index is 1.90. The lowest BCUT2D eigenvalue weighted by molar-refractivity contribution is -0.137. The Bertz CT molecular complexity index is 1220. The number of carbonyl (C=O) groups excluding carboxylic acids is 1. The Morgan fingerprint density at radius 3 is 2.41 bits per heavy atom. The number of halogens is 4. The predicted octanol–water partition coefficient (Wildman–Crippen LogP) is 5.53. The summed E-state index contributed by atoms with van der Waals surface area (Å²) in [6.45, 7) is 3.55. The zero-order valence-electron chi connectivity index (χ0n) is 17.4. The van der Waals surface area contributed by atoms with Crippen LogP contribution in [0.25, 0.3) is 0 Å². The first-order valence-corrected chi connectivity index (χ1v) is 9.92. The maximum Gasteiger partial charge on any atom is 0.417 e. The molecule has 3 heterocycles. The number of ether oxygens (including phenoxy) is 1. The van der Waals surface area contributed by atoms with Crippen molar-refractivity contribution in [1.29, 1.82) is 0 Å². The summed E-state index contributed by atoms with van der Waals surface area (Å²) in [5, 5.41) is 0.520. The lowest BCUT2D eigenvalue weighted by atomic mass is 10.1. The minimum absolute atomic E-state index is 0.0293. The number of nitrogens with zero attached hydrogens (tertiary/aromatic N) is 4. The summed E-state index contributed by atoms with van der Waals surface area (Å²) in [6, 6.07) is 9.23. The smallest absolute Gasteiger partial charge is 0.417 e. The van der Waals surface area contributed by atoms with Crippen molar-refractivity contribution in [3.05, 3.63) is 70.0 Å². The van der Waals surface area contributed by atoms with E-state index in [9.17, 15) is 18.0 Å². The molecule has 0 fully saturated rings. The number of pyridine rings is 2. The van der Waals surface area contributed by atoms with Gasteiger partial charge in [-0.3, -0.25) is 9.69 Å². The summed E-state index contributed by atoms with van der Waals surface area (Å²) in [5.74, 6) is -0.0946. The second kappa shape index (κ2) is 7.98. The first-order chi connectivity index (χ1) is 15.1. The van der Waals surface area contributed by atoms with E-state index in [-0.39, 0.29) is 18.1 Å². The summed E-state index contributed by atoms with van der Waals surface area (Å²) in [7, 11) is 1.47. The fourth-order valence-corrected chi connectivity index (χ4v) is 3.86. The molecular formula is C22H18ClF3N4O2. The largest absolute Gasteiger partial charge is 0.481 e. The Morgan fingerprint density at radius 1 is 1.06 bits per heavy atom. The summed E-state index contributed by atoms with van der Waals surface area (Å²) in [6.07, 6.45) is -3.90. The quantitative estimate of drug-likeness (QED) is 0.512. The number of aryl methyl sites for hydroxylation is 2. The second-order valence-corrected chi connectivity index (χ2v) is 7.72. The molecule has 1 aliphatic heterocycles. The zero-order chi connectivity index (χ0) is 23.2. The van der Waals surface area contributed by atoms with Gasteiger partial charge in [0.05, 0.1) is 29.6 Å². The first kappa shape index (κ1) is 21.9. The van der Waals surface area contributed by atoms with Crippen LogP contribution in [0.1, 0.15) is 27.2 Å². The highest BCUT2D eigenvalue weighted by Gasteiger charge is 2.38. The number of amides is 1. The standard InChI is InChI=1S/C22H18ClF3N4O2/c1-12-8-15(23)4-5-17(12)29-11-30(18-6-7-19(32-3)28-13(18)2)21(31)16-9-14(22(24,25)26)10-27-20(16)29/h4-10H,11H2,1-3H3. The average Bonchev–Trinajstić information content (AvgIpc) is 2.74. The van der Waals surface area contributed by atoms with E-state index < -0.39 is 17.6 Å². The van der Waals surface area contributed by atoms with Crippen LogP contribution in [0.15, 0.2) is 42.6 Å². The van der Waals surface area contributed by atoms with Gasteiger partial charge >= 0.3 is 6.18 Å². The maximum absolute atomic E-state index is 13.4. The van der Waals surface area contributed by atoms with E-state index in [4.69, 9.17) is 16.3 Å². The predicted molar refractivity (Wildman–Crippen MR) is 115 cm³/mol. The molecule has 10 heteroatoms. The number of alkyl halides is 3. The van der Waals surface area contributed by atoms with Gasteiger partial charge in [0.25, 0.3) is 5.91 Å². The number of hydrogen-bond acceptors (Lipinski definition) is 5. The van der Waals surface area contributed by atoms with Crippen molar-refractivity contribution in [3.8, 4) is 5.88 Å². The zero-order valence-corrected chi connectivity index (χ0v) is 18.1. The van der Waals surface area contributed by atoms with Crippen LogP contribution in [0.2, 0.25) is 5.02 Å². The van der Waals surface area contributed by atoms with Crippen LogP contribution < -0.4 is 14.5 Å². The first-order valence-electron chi connectivity index (χ1n) is 9.54. The molecule has 32 heavy (non-hydrogen) atoms. The van der Waals surface area contributed by atoms with E-state index in [1.54, 1.807) is 42.2 Å². The number of anilines is 3. The van der Waals surface area contributed by atoms with Gasteiger partial charge in [0, 0.05) is 23.0 Å². The Kier molecular flexibility index (Phi) is 5.46. The van der Waals surface area contributed by atoms with Crippen molar-refractivity contribution in [3.63, 3.8) is 0 Å². The number of rotatable bonds is 3. The van der Waals surface area contributed by atoms with Crippen LogP contribution in [-0.4, -0.2) is 29.7 Å². The Labute approximate surface area is 187 Å². The van der Waals surface area contributed by atoms with Crippen molar-refractivity contribution in [1.82, 2.24) is 9.97 Å². The van der Waals surface area contributed by atoms with Gasteiger partial charge in [0.1, 0.15) is 12.5 Å². The minimum Gasteiger partial charge on any atom is -0.481 e. The van der Waals surface area contributed by atoms with Gasteiger partial charge < -0.3 is 9.64 Å². The van der Waals surface area contributed by atoms with Crippen LogP contribution in [-0.2, 0) is 6.18 Å². The van der Waals surface area contributed by atoms with E-state index in [1.165, 1.54) is 12.0 Å².